The van der Waals surface area contributed by atoms with E-state index in [1.54, 1.807) is 0 Å². The van der Waals surface area contributed by atoms with Crippen LogP contribution in [-0.4, -0.2) is 73.8 Å². The summed E-state index contributed by atoms with van der Waals surface area (Å²) in [6, 6.07) is 4.23. The van der Waals surface area contributed by atoms with E-state index in [-0.39, 0.29) is 29.1 Å². The van der Waals surface area contributed by atoms with Crippen molar-refractivity contribution in [3.63, 3.8) is 0 Å². The summed E-state index contributed by atoms with van der Waals surface area (Å²) in [5.41, 5.74) is -1.02. The zero-order chi connectivity index (χ0) is 34.0. The molecule has 1 aromatic heterocycles. The molecule has 0 spiro atoms. The molecule has 0 aliphatic carbocycles. The predicted molar refractivity (Wildman–Crippen MR) is 156 cm³/mol. The molecule has 1 aliphatic heterocycles. The average Bonchev–Trinajstić information content (AvgIpc) is 2.95. The molecule has 1 aromatic carbocycles. The topological polar surface area (TPSA) is 189 Å². The summed E-state index contributed by atoms with van der Waals surface area (Å²) in [7, 11) is 0. The number of rotatable bonds is 13. The minimum Gasteiger partial charge on any atom is -0.488 e. The normalized spacial score (nSPS) is 20.9. The number of hydrogen-bond donors (Lipinski definition) is 0. The molecule has 0 bridgehead atoms. The summed E-state index contributed by atoms with van der Waals surface area (Å²) in [4.78, 5) is 72.3. The molecule has 250 valence electrons. The van der Waals surface area contributed by atoms with Crippen molar-refractivity contribution < 1.29 is 66.3 Å². The van der Waals surface area contributed by atoms with E-state index in [1.807, 2.05) is 19.1 Å². The van der Waals surface area contributed by atoms with Crippen molar-refractivity contribution in [2.75, 3.05) is 13.2 Å². The van der Waals surface area contributed by atoms with E-state index < -0.39 is 78.5 Å². The van der Waals surface area contributed by atoms with E-state index in [9.17, 15) is 28.8 Å². The Bertz CT molecular complexity index is 1520. The van der Waals surface area contributed by atoms with Crippen molar-refractivity contribution in [2.45, 2.75) is 85.1 Å². The summed E-state index contributed by atoms with van der Waals surface area (Å²) in [5, 5.41) is 0.268. The summed E-state index contributed by atoms with van der Waals surface area (Å²) < 4.78 is 49.6. The third-order valence-electron chi connectivity index (χ3n) is 6.17. The fraction of sp³-hybridized carbons (Fsp3) is 0.484. The molecular formula is C31H36O15. The molecule has 15 nitrogen and oxygen atoms in total. The van der Waals surface area contributed by atoms with Crippen LogP contribution in [0, 0.1) is 0 Å². The highest BCUT2D eigenvalue weighted by Gasteiger charge is 2.53. The molecule has 15 heteroatoms. The highest BCUT2D eigenvalue weighted by Crippen LogP contribution is 2.36. The zero-order valence-corrected chi connectivity index (χ0v) is 26.2. The summed E-state index contributed by atoms with van der Waals surface area (Å²) in [5.74, 6) is -4.25. The molecule has 2 aromatic rings. The van der Waals surface area contributed by atoms with Crippen molar-refractivity contribution in [2.24, 2.45) is 0 Å². The van der Waals surface area contributed by atoms with E-state index >= 15 is 0 Å². The maximum absolute atomic E-state index is 12.8. The largest absolute Gasteiger partial charge is 0.488 e. The van der Waals surface area contributed by atoms with E-state index in [2.05, 4.69) is 0 Å². The van der Waals surface area contributed by atoms with Crippen molar-refractivity contribution >= 4 is 40.8 Å². The van der Waals surface area contributed by atoms with Gasteiger partial charge in [0, 0.05) is 40.7 Å². The molecule has 0 N–H and O–H groups in total. The second-order valence-corrected chi connectivity index (χ2v) is 10.0. The van der Waals surface area contributed by atoms with Crippen molar-refractivity contribution in [3.8, 4) is 17.2 Å². The third kappa shape index (κ3) is 9.79. The Morgan fingerprint density at radius 2 is 1.46 bits per heavy atom. The monoisotopic (exact) mass is 648 g/mol. The number of carbonyl (C=O) groups excluding carboxylic acids is 5. The van der Waals surface area contributed by atoms with Crippen molar-refractivity contribution in [3.05, 3.63) is 40.8 Å². The summed E-state index contributed by atoms with van der Waals surface area (Å²) >= 11 is 0. The second kappa shape index (κ2) is 16.4. The quantitative estimate of drug-likeness (QED) is 0.101. The molecule has 1 aliphatic rings. The number of allylic oxidation sites excluding steroid dienone is 1. The van der Waals surface area contributed by atoms with E-state index in [1.165, 1.54) is 18.2 Å². The first kappa shape index (κ1) is 35.6. The van der Waals surface area contributed by atoms with Gasteiger partial charge >= 0.3 is 35.5 Å². The third-order valence-corrected chi connectivity index (χ3v) is 6.17. The maximum atomic E-state index is 12.8. The van der Waals surface area contributed by atoms with Crippen LogP contribution in [0.2, 0.25) is 0 Å². The van der Waals surface area contributed by atoms with Gasteiger partial charge in [0.1, 0.15) is 24.0 Å². The molecule has 0 amide bonds. The zero-order valence-electron chi connectivity index (χ0n) is 26.2. The van der Waals surface area contributed by atoms with Gasteiger partial charge in [-0.15, -0.1) is 0 Å². The number of carbonyl (C=O) groups is 5. The SMILES string of the molecule is CCC=CCCOc1c(OC(C)=O)c(=O)oc2cc(O[C@@H]3O[C@H](COC(C)=O)[C@H](OC(C)=O)[C@H](OC(C)=O)[C@H]3OC(C)=O)ccc12. The average molecular weight is 649 g/mol. The lowest BCUT2D eigenvalue weighted by Crippen LogP contribution is -2.63. The minimum absolute atomic E-state index is 0.0219. The Labute approximate surface area is 263 Å². The van der Waals surface area contributed by atoms with Gasteiger partial charge in [-0.05, 0) is 25.0 Å². The second-order valence-electron chi connectivity index (χ2n) is 10.0. The Hall–Kier alpha value is -4.92. The molecule has 0 saturated carbocycles. The number of esters is 5. The molecular weight excluding hydrogens is 612 g/mol. The van der Waals surface area contributed by atoms with Crippen LogP contribution in [0.25, 0.3) is 11.0 Å². The molecule has 0 unspecified atom stereocenters. The van der Waals surface area contributed by atoms with Crippen LogP contribution < -0.4 is 19.8 Å². The summed E-state index contributed by atoms with van der Waals surface area (Å²) in [6.07, 6.45) is -1.86. The van der Waals surface area contributed by atoms with Gasteiger partial charge in [-0.25, -0.2) is 4.79 Å². The van der Waals surface area contributed by atoms with Gasteiger partial charge < -0.3 is 42.3 Å². The van der Waals surface area contributed by atoms with Gasteiger partial charge in [0.15, 0.2) is 18.0 Å². The fourth-order valence-corrected chi connectivity index (χ4v) is 4.52. The molecule has 3 rings (SSSR count). The number of benzene rings is 1. The molecule has 1 saturated heterocycles. The van der Waals surface area contributed by atoms with Gasteiger partial charge in [-0.1, -0.05) is 19.1 Å². The smallest absolute Gasteiger partial charge is 0.383 e. The van der Waals surface area contributed by atoms with E-state index in [4.69, 9.17) is 42.3 Å². The first-order valence-electron chi connectivity index (χ1n) is 14.3. The Kier molecular flexibility index (Phi) is 12.7. The van der Waals surface area contributed by atoms with Crippen LogP contribution in [0.1, 0.15) is 54.4 Å². The first-order valence-corrected chi connectivity index (χ1v) is 14.3. The van der Waals surface area contributed by atoms with Gasteiger partial charge in [-0.3, -0.25) is 24.0 Å². The molecule has 2 heterocycles. The lowest BCUT2D eigenvalue weighted by atomic mass is 9.98. The Morgan fingerprint density at radius 1 is 0.804 bits per heavy atom. The highest BCUT2D eigenvalue weighted by atomic mass is 16.7. The van der Waals surface area contributed by atoms with Crippen LogP contribution in [0.4, 0.5) is 0 Å². The molecule has 46 heavy (non-hydrogen) atoms. The van der Waals surface area contributed by atoms with Crippen LogP contribution >= 0.6 is 0 Å². The molecule has 1 fully saturated rings. The van der Waals surface area contributed by atoms with Gasteiger partial charge in [0.2, 0.25) is 12.4 Å². The van der Waals surface area contributed by atoms with Crippen LogP contribution in [0.3, 0.4) is 0 Å². The lowest BCUT2D eigenvalue weighted by molar-refractivity contribution is -0.288. The standard InChI is InChI=1S/C31H36O15/c1-7-8-9-10-13-38-25-22-12-11-21(14-23(22)45-30(37)28(25)42-19(5)35)44-31-29(43-20(6)36)27(41-18(4)34)26(40-17(3)33)24(46-31)15-39-16(2)32/h8-9,11-12,14,24,26-27,29,31H,7,10,13,15H2,1-6H3/t24-,26+,27+,29-,31-/m1/s1. The van der Waals surface area contributed by atoms with Gasteiger partial charge in [0.05, 0.1) is 12.0 Å². The molecule has 0 radical (unpaired) electrons. The first-order chi connectivity index (χ1) is 21.8. The van der Waals surface area contributed by atoms with E-state index in [0.29, 0.717) is 6.42 Å². The highest BCUT2D eigenvalue weighted by molar-refractivity contribution is 5.87. The fourth-order valence-electron chi connectivity index (χ4n) is 4.52. The Morgan fingerprint density at radius 3 is 2.07 bits per heavy atom. The van der Waals surface area contributed by atoms with Crippen molar-refractivity contribution in [1.82, 2.24) is 0 Å². The maximum Gasteiger partial charge on any atom is 0.383 e. The van der Waals surface area contributed by atoms with E-state index in [0.717, 1.165) is 41.0 Å². The Balaban J connectivity index is 2.05. The lowest BCUT2D eigenvalue weighted by Gasteiger charge is -2.43. The van der Waals surface area contributed by atoms with Crippen molar-refractivity contribution in [1.29, 1.82) is 0 Å². The summed E-state index contributed by atoms with van der Waals surface area (Å²) in [6.45, 7) is 7.26. The number of fused-ring (bicyclic) bond motifs is 1. The predicted octanol–water partition coefficient (Wildman–Crippen LogP) is 2.92. The van der Waals surface area contributed by atoms with Crippen LogP contribution in [0.15, 0.2) is 39.6 Å². The van der Waals surface area contributed by atoms with Crippen LogP contribution in [-0.2, 0) is 47.7 Å². The van der Waals surface area contributed by atoms with Gasteiger partial charge in [0.25, 0.3) is 5.75 Å². The number of ether oxygens (including phenoxy) is 8. The molecule has 5 atom stereocenters. The van der Waals surface area contributed by atoms with Crippen LogP contribution in [0.5, 0.6) is 17.2 Å². The number of hydrogen-bond acceptors (Lipinski definition) is 15. The van der Waals surface area contributed by atoms with Gasteiger partial charge in [-0.2, -0.15) is 0 Å². The minimum atomic E-state index is -1.52.